The third-order valence-electron chi connectivity index (χ3n) is 3.99. The third-order valence-corrected chi connectivity index (χ3v) is 3.99. The Morgan fingerprint density at radius 1 is 1.41 bits per heavy atom. The number of halogens is 1. The lowest BCUT2D eigenvalue weighted by molar-refractivity contribution is 0.354. The molecule has 2 rings (SSSR count). The highest BCUT2D eigenvalue weighted by molar-refractivity contribution is 5.51. The molecule has 1 unspecified atom stereocenters. The van der Waals surface area contributed by atoms with Gasteiger partial charge in [0.15, 0.2) is 0 Å². The summed E-state index contributed by atoms with van der Waals surface area (Å²) in [4.78, 5) is 2.20. The van der Waals surface area contributed by atoms with Crippen molar-refractivity contribution in [2.24, 2.45) is 5.92 Å². The second kappa shape index (κ2) is 4.65. The molecule has 0 bridgehead atoms. The highest BCUT2D eigenvalue weighted by atomic mass is 19.1. The van der Waals surface area contributed by atoms with Gasteiger partial charge in [0.2, 0.25) is 0 Å². The van der Waals surface area contributed by atoms with Crippen molar-refractivity contribution in [1.29, 1.82) is 0 Å². The number of nitrogens with zero attached hydrogens (tertiary/aromatic N) is 1. The van der Waals surface area contributed by atoms with Gasteiger partial charge in [0, 0.05) is 12.1 Å². The van der Waals surface area contributed by atoms with Gasteiger partial charge in [0.05, 0.1) is 5.69 Å². The normalized spacial score (nSPS) is 23.1. The number of benzene rings is 1. The molecule has 1 aromatic carbocycles. The van der Waals surface area contributed by atoms with Crippen molar-refractivity contribution in [2.75, 3.05) is 25.0 Å². The molecule has 0 radical (unpaired) electrons. The van der Waals surface area contributed by atoms with Gasteiger partial charge in [-0.3, -0.25) is 0 Å². The Morgan fingerprint density at radius 3 is 2.76 bits per heavy atom. The largest absolute Gasteiger partial charge is 0.364 e. The molecule has 94 valence electrons. The zero-order valence-corrected chi connectivity index (χ0v) is 10.8. The van der Waals surface area contributed by atoms with Gasteiger partial charge in [-0.1, -0.05) is 12.1 Å². The molecule has 1 aromatic rings. The summed E-state index contributed by atoms with van der Waals surface area (Å²) in [5.41, 5.74) is 0.738. The van der Waals surface area contributed by atoms with Gasteiger partial charge in [-0.15, -0.1) is 0 Å². The van der Waals surface area contributed by atoms with E-state index in [4.69, 9.17) is 0 Å². The van der Waals surface area contributed by atoms with Gasteiger partial charge in [0.25, 0.3) is 0 Å². The highest BCUT2D eigenvalue weighted by Crippen LogP contribution is 2.38. The minimum Gasteiger partial charge on any atom is -0.364 e. The van der Waals surface area contributed by atoms with Crippen LogP contribution < -0.4 is 10.2 Å². The first-order valence-electron chi connectivity index (χ1n) is 6.24. The fraction of sp³-hybridized carbons (Fsp3) is 0.571. The summed E-state index contributed by atoms with van der Waals surface area (Å²) in [6.45, 7) is 6.32. The summed E-state index contributed by atoms with van der Waals surface area (Å²) in [7, 11) is 1.97. The van der Waals surface area contributed by atoms with Gasteiger partial charge in [-0.05, 0) is 51.9 Å². The first kappa shape index (κ1) is 12.4. The zero-order valence-electron chi connectivity index (χ0n) is 10.8. The third kappa shape index (κ3) is 2.16. The quantitative estimate of drug-likeness (QED) is 0.868. The molecular weight excluding hydrogens is 215 g/mol. The summed E-state index contributed by atoms with van der Waals surface area (Å²) in [5, 5.41) is 3.23. The average Bonchev–Trinajstić information content (AvgIpc) is 2.57. The van der Waals surface area contributed by atoms with Crippen LogP contribution in [0.15, 0.2) is 24.3 Å². The molecule has 1 fully saturated rings. The van der Waals surface area contributed by atoms with Gasteiger partial charge >= 0.3 is 0 Å². The molecule has 1 atom stereocenters. The van der Waals surface area contributed by atoms with E-state index in [0.29, 0.717) is 5.92 Å². The first-order chi connectivity index (χ1) is 8.07. The molecule has 1 heterocycles. The number of nitrogens with one attached hydrogen (secondary N) is 1. The van der Waals surface area contributed by atoms with Crippen molar-refractivity contribution in [3.63, 3.8) is 0 Å². The fourth-order valence-electron chi connectivity index (χ4n) is 2.85. The maximum atomic E-state index is 13.8. The Kier molecular flexibility index (Phi) is 3.38. The van der Waals surface area contributed by atoms with Gasteiger partial charge < -0.3 is 10.2 Å². The zero-order chi connectivity index (χ0) is 12.5. The van der Waals surface area contributed by atoms with E-state index in [1.807, 2.05) is 19.2 Å². The second-order valence-corrected chi connectivity index (χ2v) is 5.30. The number of anilines is 1. The summed E-state index contributed by atoms with van der Waals surface area (Å²) in [5.74, 6) is 0.442. The molecule has 0 aromatic heterocycles. The Hall–Kier alpha value is -1.09. The van der Waals surface area contributed by atoms with Crippen LogP contribution in [-0.4, -0.2) is 25.7 Å². The number of para-hydroxylation sites is 1. The molecule has 0 saturated carbocycles. The first-order valence-corrected chi connectivity index (χ1v) is 6.24. The van der Waals surface area contributed by atoms with Crippen molar-refractivity contribution in [1.82, 2.24) is 5.32 Å². The second-order valence-electron chi connectivity index (χ2n) is 5.30. The molecule has 0 spiro atoms. The van der Waals surface area contributed by atoms with Crippen LogP contribution in [0.5, 0.6) is 0 Å². The van der Waals surface area contributed by atoms with Crippen LogP contribution in [0.25, 0.3) is 0 Å². The van der Waals surface area contributed by atoms with E-state index in [0.717, 1.165) is 25.2 Å². The van der Waals surface area contributed by atoms with Crippen molar-refractivity contribution in [3.05, 3.63) is 30.1 Å². The lowest BCUT2D eigenvalue weighted by atomic mass is 9.88. The van der Waals surface area contributed by atoms with E-state index in [9.17, 15) is 4.39 Å². The van der Waals surface area contributed by atoms with Gasteiger partial charge in [-0.2, -0.15) is 0 Å². The predicted molar refractivity (Wildman–Crippen MR) is 69.9 cm³/mol. The molecule has 0 aliphatic carbocycles. The van der Waals surface area contributed by atoms with Crippen molar-refractivity contribution in [2.45, 2.75) is 25.8 Å². The Morgan fingerprint density at radius 2 is 2.12 bits per heavy atom. The fourth-order valence-corrected chi connectivity index (χ4v) is 2.85. The lowest BCUT2D eigenvalue weighted by Gasteiger charge is -2.38. The van der Waals surface area contributed by atoms with E-state index in [1.165, 1.54) is 6.07 Å². The summed E-state index contributed by atoms with van der Waals surface area (Å²) < 4.78 is 13.8. The molecule has 1 aliphatic rings. The van der Waals surface area contributed by atoms with Gasteiger partial charge in [-0.25, -0.2) is 4.39 Å². The molecule has 1 N–H and O–H groups in total. The minimum absolute atomic E-state index is 0.00516. The molecule has 1 aliphatic heterocycles. The van der Waals surface area contributed by atoms with Crippen LogP contribution >= 0.6 is 0 Å². The SMILES string of the molecule is CNCC1CCN(c2ccccc2F)C1(C)C. The van der Waals surface area contributed by atoms with E-state index >= 15 is 0 Å². The van der Waals surface area contributed by atoms with Crippen molar-refractivity contribution >= 4 is 5.69 Å². The monoisotopic (exact) mass is 236 g/mol. The van der Waals surface area contributed by atoms with Crippen molar-refractivity contribution < 1.29 is 4.39 Å². The summed E-state index contributed by atoms with van der Waals surface area (Å²) in [6.07, 6.45) is 1.11. The topological polar surface area (TPSA) is 15.3 Å². The Balaban J connectivity index is 2.27. The highest BCUT2D eigenvalue weighted by Gasteiger charge is 2.41. The maximum absolute atomic E-state index is 13.8. The van der Waals surface area contributed by atoms with Crippen molar-refractivity contribution in [3.8, 4) is 0 Å². The van der Waals surface area contributed by atoms with Crippen LogP contribution in [0.3, 0.4) is 0 Å². The number of rotatable bonds is 3. The Labute approximate surface area is 103 Å². The Bertz CT molecular complexity index is 390. The predicted octanol–water partition coefficient (Wildman–Crippen LogP) is 2.65. The van der Waals surface area contributed by atoms with Crippen LogP contribution in [0.4, 0.5) is 10.1 Å². The van der Waals surface area contributed by atoms with Crippen LogP contribution in [0.1, 0.15) is 20.3 Å². The number of hydrogen-bond acceptors (Lipinski definition) is 2. The van der Waals surface area contributed by atoms with Crippen LogP contribution in [0, 0.1) is 11.7 Å². The van der Waals surface area contributed by atoms with Crippen LogP contribution in [-0.2, 0) is 0 Å². The summed E-state index contributed by atoms with van der Waals surface area (Å²) >= 11 is 0. The van der Waals surface area contributed by atoms with E-state index in [-0.39, 0.29) is 11.4 Å². The molecule has 17 heavy (non-hydrogen) atoms. The number of hydrogen-bond donors (Lipinski definition) is 1. The van der Waals surface area contributed by atoms with E-state index in [2.05, 4.69) is 24.1 Å². The average molecular weight is 236 g/mol. The molecule has 2 nitrogen and oxygen atoms in total. The lowest BCUT2D eigenvalue weighted by Crippen LogP contribution is -2.45. The minimum atomic E-state index is -0.120. The van der Waals surface area contributed by atoms with Crippen LogP contribution in [0.2, 0.25) is 0 Å². The van der Waals surface area contributed by atoms with E-state index < -0.39 is 0 Å². The maximum Gasteiger partial charge on any atom is 0.146 e. The van der Waals surface area contributed by atoms with E-state index in [1.54, 1.807) is 6.07 Å². The standard InChI is InChI=1S/C14H21FN2/c1-14(2)11(10-16-3)8-9-17(14)13-7-5-4-6-12(13)15/h4-7,11,16H,8-10H2,1-3H3. The smallest absolute Gasteiger partial charge is 0.146 e. The molecule has 0 amide bonds. The molecule has 1 saturated heterocycles. The summed E-state index contributed by atoms with van der Waals surface area (Å²) in [6, 6.07) is 7.06. The van der Waals surface area contributed by atoms with Gasteiger partial charge in [0.1, 0.15) is 5.82 Å². The molecule has 3 heteroatoms. The molecular formula is C14H21FN2.